The first-order valence-corrected chi connectivity index (χ1v) is 8.86. The number of nitrogens with one attached hydrogen (secondary N) is 1. The summed E-state index contributed by atoms with van der Waals surface area (Å²) < 4.78 is 0.891. The minimum Gasteiger partial charge on any atom is -0.300 e. The van der Waals surface area contributed by atoms with Crippen LogP contribution in [0.15, 0.2) is 28.6 Å². The van der Waals surface area contributed by atoms with Crippen molar-refractivity contribution in [2.45, 2.75) is 30.5 Å². The lowest BCUT2D eigenvalue weighted by Gasteiger charge is -2.02. The fourth-order valence-corrected chi connectivity index (χ4v) is 3.55. The number of nitrogens with zero attached hydrogens (tertiary/aromatic N) is 2. The summed E-state index contributed by atoms with van der Waals surface area (Å²) in [5, 5.41) is 12.0. The number of hydrogen-bond donors (Lipinski definition) is 1. The van der Waals surface area contributed by atoms with Gasteiger partial charge in [0.15, 0.2) is 4.34 Å². The molecule has 112 valence electrons. The summed E-state index contributed by atoms with van der Waals surface area (Å²) in [7, 11) is 0. The van der Waals surface area contributed by atoms with E-state index in [-0.39, 0.29) is 5.91 Å². The Balaban J connectivity index is 1.80. The van der Waals surface area contributed by atoms with Crippen molar-refractivity contribution in [3.8, 4) is 0 Å². The molecule has 1 aromatic heterocycles. The van der Waals surface area contributed by atoms with Gasteiger partial charge >= 0.3 is 0 Å². The van der Waals surface area contributed by atoms with E-state index in [0.717, 1.165) is 22.1 Å². The molecule has 0 spiro atoms. The standard InChI is InChI=1S/C14H16ClN3OS2/c1-2-8-20-14-18-17-13(21-14)16-12(19)7-6-10-4-3-5-11(15)9-10/h3-5,9H,2,6-8H2,1H3,(H,16,17,19). The Labute approximate surface area is 137 Å². The quantitative estimate of drug-likeness (QED) is 0.603. The van der Waals surface area contributed by atoms with Gasteiger partial charge in [0.1, 0.15) is 0 Å². The van der Waals surface area contributed by atoms with Gasteiger partial charge < -0.3 is 5.32 Å². The van der Waals surface area contributed by atoms with E-state index < -0.39 is 0 Å². The molecule has 0 aliphatic heterocycles. The maximum Gasteiger partial charge on any atom is 0.226 e. The average molecular weight is 342 g/mol. The summed E-state index contributed by atoms with van der Waals surface area (Å²) in [5.41, 5.74) is 1.05. The first kappa shape index (κ1) is 16.3. The molecule has 0 aliphatic rings. The maximum atomic E-state index is 11.9. The average Bonchev–Trinajstić information content (AvgIpc) is 2.90. The number of thioether (sulfide) groups is 1. The van der Waals surface area contributed by atoms with Gasteiger partial charge in [0.25, 0.3) is 0 Å². The first-order valence-electron chi connectivity index (χ1n) is 6.68. The van der Waals surface area contributed by atoms with Gasteiger partial charge in [-0.3, -0.25) is 4.79 Å². The van der Waals surface area contributed by atoms with Crippen LogP contribution in [-0.4, -0.2) is 21.9 Å². The molecular weight excluding hydrogens is 326 g/mol. The van der Waals surface area contributed by atoms with E-state index >= 15 is 0 Å². The number of rotatable bonds is 7. The third kappa shape index (κ3) is 5.65. The van der Waals surface area contributed by atoms with Crippen molar-refractivity contribution in [2.75, 3.05) is 11.1 Å². The molecule has 7 heteroatoms. The largest absolute Gasteiger partial charge is 0.300 e. The number of hydrogen-bond acceptors (Lipinski definition) is 5. The number of benzene rings is 1. The second-order valence-corrected chi connectivity index (χ2v) is 7.16. The molecule has 21 heavy (non-hydrogen) atoms. The van der Waals surface area contributed by atoms with Crippen LogP contribution in [0.4, 0.5) is 5.13 Å². The predicted octanol–water partition coefficient (Wildman–Crippen LogP) is 4.26. The molecule has 2 rings (SSSR count). The number of aromatic nitrogens is 2. The minimum atomic E-state index is -0.0573. The second-order valence-electron chi connectivity index (χ2n) is 4.40. The van der Waals surface area contributed by atoms with Crippen molar-refractivity contribution in [3.05, 3.63) is 34.9 Å². The van der Waals surface area contributed by atoms with Gasteiger partial charge in [0.2, 0.25) is 11.0 Å². The van der Waals surface area contributed by atoms with E-state index in [2.05, 4.69) is 22.4 Å². The SMILES string of the molecule is CCCSc1nnc(NC(=O)CCc2cccc(Cl)c2)s1. The molecule has 0 radical (unpaired) electrons. The third-order valence-electron chi connectivity index (χ3n) is 2.61. The molecule has 0 aliphatic carbocycles. The van der Waals surface area contributed by atoms with Gasteiger partial charge in [-0.05, 0) is 30.5 Å². The number of aryl methyl sites for hydroxylation is 1. The highest BCUT2D eigenvalue weighted by molar-refractivity contribution is 8.01. The first-order chi connectivity index (χ1) is 10.2. The van der Waals surface area contributed by atoms with Gasteiger partial charge in [0, 0.05) is 17.2 Å². The zero-order valence-corrected chi connectivity index (χ0v) is 14.0. The van der Waals surface area contributed by atoms with Crippen LogP contribution in [0.25, 0.3) is 0 Å². The molecule has 1 heterocycles. The van der Waals surface area contributed by atoms with Gasteiger partial charge in [0.05, 0.1) is 0 Å². The molecule has 2 aromatic rings. The summed E-state index contributed by atoms with van der Waals surface area (Å²) in [4.78, 5) is 11.9. The lowest BCUT2D eigenvalue weighted by atomic mass is 10.1. The highest BCUT2D eigenvalue weighted by Crippen LogP contribution is 2.25. The number of carbonyl (C=O) groups is 1. The number of amides is 1. The molecule has 0 unspecified atom stereocenters. The molecular formula is C14H16ClN3OS2. The monoisotopic (exact) mass is 341 g/mol. The third-order valence-corrected chi connectivity index (χ3v) is 5.03. The van der Waals surface area contributed by atoms with E-state index in [1.165, 1.54) is 11.3 Å². The fraction of sp³-hybridized carbons (Fsp3) is 0.357. The number of carbonyl (C=O) groups excluding carboxylic acids is 1. The van der Waals surface area contributed by atoms with Crippen LogP contribution >= 0.6 is 34.7 Å². The number of anilines is 1. The summed E-state index contributed by atoms with van der Waals surface area (Å²) >= 11 is 8.99. The van der Waals surface area contributed by atoms with Crippen LogP contribution in [0, 0.1) is 0 Å². The Morgan fingerprint density at radius 3 is 3.05 bits per heavy atom. The zero-order valence-electron chi connectivity index (χ0n) is 11.6. The summed E-state index contributed by atoms with van der Waals surface area (Å²) in [6, 6.07) is 7.54. The van der Waals surface area contributed by atoms with Crippen molar-refractivity contribution < 1.29 is 4.79 Å². The van der Waals surface area contributed by atoms with Crippen molar-refractivity contribution in [1.82, 2.24) is 10.2 Å². The summed E-state index contributed by atoms with van der Waals surface area (Å²) in [6.07, 6.45) is 2.14. The van der Waals surface area contributed by atoms with Crippen molar-refractivity contribution in [2.24, 2.45) is 0 Å². The van der Waals surface area contributed by atoms with Gasteiger partial charge in [-0.15, -0.1) is 10.2 Å². The molecule has 0 fully saturated rings. The fourth-order valence-electron chi connectivity index (χ4n) is 1.64. The van der Waals surface area contributed by atoms with Gasteiger partial charge in [-0.25, -0.2) is 0 Å². The lowest BCUT2D eigenvalue weighted by molar-refractivity contribution is -0.116. The maximum absolute atomic E-state index is 11.9. The molecule has 1 amide bonds. The summed E-state index contributed by atoms with van der Waals surface area (Å²) in [6.45, 7) is 2.12. The minimum absolute atomic E-state index is 0.0573. The molecule has 0 saturated carbocycles. The Bertz CT molecular complexity index is 603. The zero-order chi connectivity index (χ0) is 15.1. The Morgan fingerprint density at radius 1 is 1.43 bits per heavy atom. The molecule has 1 aromatic carbocycles. The topological polar surface area (TPSA) is 54.9 Å². The smallest absolute Gasteiger partial charge is 0.226 e. The van der Waals surface area contributed by atoms with Gasteiger partial charge in [-0.1, -0.05) is 53.8 Å². The molecule has 0 atom stereocenters. The summed E-state index contributed by atoms with van der Waals surface area (Å²) in [5.74, 6) is 0.954. The lowest BCUT2D eigenvalue weighted by Crippen LogP contribution is -2.12. The van der Waals surface area contributed by atoms with Crippen LogP contribution in [-0.2, 0) is 11.2 Å². The normalized spacial score (nSPS) is 10.6. The van der Waals surface area contributed by atoms with E-state index in [9.17, 15) is 4.79 Å². The molecule has 4 nitrogen and oxygen atoms in total. The van der Waals surface area contributed by atoms with Crippen LogP contribution in [0.5, 0.6) is 0 Å². The van der Waals surface area contributed by atoms with Crippen LogP contribution in [0.3, 0.4) is 0 Å². The highest BCUT2D eigenvalue weighted by atomic mass is 35.5. The van der Waals surface area contributed by atoms with Crippen molar-refractivity contribution in [3.63, 3.8) is 0 Å². The molecule has 0 bridgehead atoms. The van der Waals surface area contributed by atoms with Crippen molar-refractivity contribution in [1.29, 1.82) is 0 Å². The Hall–Kier alpha value is -1.11. The van der Waals surface area contributed by atoms with Crippen LogP contribution in [0.2, 0.25) is 5.02 Å². The predicted molar refractivity (Wildman–Crippen MR) is 89.3 cm³/mol. The van der Waals surface area contributed by atoms with Crippen LogP contribution < -0.4 is 5.32 Å². The van der Waals surface area contributed by atoms with E-state index in [4.69, 9.17) is 11.6 Å². The van der Waals surface area contributed by atoms with Gasteiger partial charge in [-0.2, -0.15) is 0 Å². The Kier molecular flexibility index (Phi) is 6.48. The second kappa shape index (κ2) is 8.36. The highest BCUT2D eigenvalue weighted by Gasteiger charge is 2.08. The van der Waals surface area contributed by atoms with E-state index in [1.54, 1.807) is 11.8 Å². The number of halogens is 1. The van der Waals surface area contributed by atoms with E-state index in [1.807, 2.05) is 24.3 Å². The van der Waals surface area contributed by atoms with Crippen molar-refractivity contribution >= 4 is 45.7 Å². The Morgan fingerprint density at radius 2 is 2.29 bits per heavy atom. The van der Waals surface area contributed by atoms with Crippen LogP contribution in [0.1, 0.15) is 25.3 Å². The van der Waals surface area contributed by atoms with E-state index in [0.29, 0.717) is 23.0 Å². The molecule has 1 N–H and O–H groups in total. The molecule has 0 saturated heterocycles.